The maximum Gasteiger partial charge on any atom is 0.0461 e. The van der Waals surface area contributed by atoms with Crippen LogP contribution in [0.3, 0.4) is 0 Å². The molecule has 0 saturated heterocycles. The Morgan fingerprint density at radius 3 is 0.294 bits per heavy atom. The molecule has 0 aromatic heterocycles. The minimum Gasteiger partial charge on any atom is -0.00840 e. The zero-order valence-electron chi connectivity index (χ0n) is 14.3. The van der Waals surface area contributed by atoms with Crippen LogP contribution in [0.1, 0.15) is 0 Å². The zero-order chi connectivity index (χ0) is 14.3. The molecule has 0 spiro atoms. The monoisotopic (exact) mass is 414 g/mol. The molecule has 0 radical (unpaired) electrons. The summed E-state index contributed by atoms with van der Waals surface area (Å²) in [6.45, 7) is 27.2. The third kappa shape index (κ3) is 869. The summed E-state index contributed by atoms with van der Waals surface area (Å²) in [5.74, 6) is 0. The van der Waals surface area contributed by atoms with Crippen molar-refractivity contribution in [3.05, 3.63) is 0 Å². The molecule has 0 saturated carbocycles. The first-order valence-corrected chi connectivity index (χ1v) is 18.0. The SMILES string of the molecule is C[PH+](C)C.C[PH+](C)C.C[PH+](C)C.C[PH+](C)C.[Pd]. The van der Waals surface area contributed by atoms with Crippen molar-refractivity contribution in [2.24, 2.45) is 0 Å². The van der Waals surface area contributed by atoms with Crippen LogP contribution in [-0.2, 0) is 20.4 Å². The van der Waals surface area contributed by atoms with Crippen LogP contribution in [0.4, 0.5) is 0 Å². The van der Waals surface area contributed by atoms with Crippen LogP contribution in [0, 0.1) is 0 Å². The smallest absolute Gasteiger partial charge is 0.00840 e. The number of rotatable bonds is 0. The zero-order valence-corrected chi connectivity index (χ0v) is 19.9. The van der Waals surface area contributed by atoms with E-state index in [4.69, 9.17) is 0 Å². The average molecular weight is 415 g/mol. The van der Waals surface area contributed by atoms with Gasteiger partial charge in [-0.15, -0.1) is 0 Å². The molecule has 0 amide bonds. The Morgan fingerprint density at radius 2 is 0.294 bits per heavy atom. The van der Waals surface area contributed by atoms with Gasteiger partial charge in [0.2, 0.25) is 0 Å². The van der Waals surface area contributed by atoms with E-state index < -0.39 is 0 Å². The normalized spacial score (nSPS) is 8.47. The van der Waals surface area contributed by atoms with Gasteiger partial charge in [-0.25, -0.2) is 0 Å². The number of hydrogen-bond acceptors (Lipinski definition) is 0. The van der Waals surface area contributed by atoms with E-state index in [-0.39, 0.29) is 52.1 Å². The van der Waals surface area contributed by atoms with Crippen molar-refractivity contribution in [3.8, 4) is 0 Å². The van der Waals surface area contributed by atoms with Gasteiger partial charge in [0.15, 0.2) is 0 Å². The van der Waals surface area contributed by atoms with Crippen LogP contribution < -0.4 is 0 Å². The van der Waals surface area contributed by atoms with E-state index in [1.807, 2.05) is 0 Å². The average Bonchev–Trinajstić information content (AvgIpc) is 1.76. The molecule has 0 atom stereocenters. The Labute approximate surface area is 132 Å². The van der Waals surface area contributed by atoms with Gasteiger partial charge in [-0.05, 0) is 31.7 Å². The predicted molar refractivity (Wildman–Crippen MR) is 104 cm³/mol. The molecule has 0 bridgehead atoms. The summed E-state index contributed by atoms with van der Waals surface area (Å²) in [6.07, 6.45) is 0. The fraction of sp³-hybridized carbons (Fsp3) is 1.00. The Hall–Kier alpha value is 2.38. The van der Waals surface area contributed by atoms with Crippen molar-refractivity contribution in [2.45, 2.75) is 0 Å². The first-order chi connectivity index (χ1) is 6.93. The standard InChI is InChI=1S/4C3H9P.Pd/c4*1-4(2)3;/h4*1-3H3;/p+4. The van der Waals surface area contributed by atoms with Crippen molar-refractivity contribution in [3.63, 3.8) is 0 Å². The van der Waals surface area contributed by atoms with Crippen molar-refractivity contribution < 1.29 is 20.4 Å². The molecule has 0 nitrogen and oxygen atoms in total. The second-order valence-electron chi connectivity index (χ2n) is 6.00. The summed E-state index contributed by atoms with van der Waals surface area (Å²) >= 11 is 0. The minimum atomic E-state index is 0. The molecule has 0 aromatic rings. The molecule has 0 N–H and O–H groups in total. The molecule has 0 aliphatic carbocycles. The van der Waals surface area contributed by atoms with Crippen LogP contribution >= 0.6 is 31.7 Å². The summed E-state index contributed by atoms with van der Waals surface area (Å²) in [5, 5.41) is 0. The van der Waals surface area contributed by atoms with Crippen molar-refractivity contribution in [2.75, 3.05) is 80.0 Å². The Kier molecular flexibility index (Phi) is 50.0. The molecule has 114 valence electrons. The van der Waals surface area contributed by atoms with Gasteiger partial charge in [-0.3, -0.25) is 0 Å². The van der Waals surface area contributed by atoms with Gasteiger partial charge >= 0.3 is 0 Å². The van der Waals surface area contributed by atoms with E-state index in [1.165, 1.54) is 0 Å². The Balaban J connectivity index is -0.0000000369. The minimum absolute atomic E-state index is 0. The topological polar surface area (TPSA) is 0 Å². The van der Waals surface area contributed by atoms with Crippen molar-refractivity contribution in [1.82, 2.24) is 0 Å². The van der Waals surface area contributed by atoms with Gasteiger partial charge in [0.05, 0.1) is 0 Å². The molecule has 0 rings (SSSR count). The third-order valence-corrected chi connectivity index (χ3v) is 0. The fourth-order valence-electron chi connectivity index (χ4n) is 0. The largest absolute Gasteiger partial charge is 0.0461 e. The summed E-state index contributed by atoms with van der Waals surface area (Å²) in [6, 6.07) is 0. The van der Waals surface area contributed by atoms with Crippen molar-refractivity contribution in [1.29, 1.82) is 0 Å². The molecular formula is C12H40P4Pd+4. The molecule has 0 aromatic carbocycles. The van der Waals surface area contributed by atoms with Crippen LogP contribution in [-0.4, -0.2) is 80.0 Å². The fourth-order valence-corrected chi connectivity index (χ4v) is 0. The number of hydrogen-bond donors (Lipinski definition) is 0. The van der Waals surface area contributed by atoms with Gasteiger partial charge in [0.25, 0.3) is 0 Å². The molecule has 0 unspecified atom stereocenters. The van der Waals surface area contributed by atoms with Gasteiger partial charge in [0.1, 0.15) is 0 Å². The molecular weight excluding hydrogens is 374 g/mol. The summed E-state index contributed by atoms with van der Waals surface area (Å²) < 4.78 is 0. The van der Waals surface area contributed by atoms with E-state index in [0.29, 0.717) is 0 Å². The maximum atomic E-state index is 2.27. The molecule has 0 aliphatic rings. The summed E-state index contributed by atoms with van der Waals surface area (Å²) in [5.41, 5.74) is 0. The van der Waals surface area contributed by atoms with Crippen molar-refractivity contribution >= 4 is 31.7 Å². The van der Waals surface area contributed by atoms with Crippen LogP contribution in [0.15, 0.2) is 0 Å². The Morgan fingerprint density at radius 1 is 0.294 bits per heavy atom. The molecule has 17 heavy (non-hydrogen) atoms. The summed E-state index contributed by atoms with van der Waals surface area (Å²) in [4.78, 5) is 0. The van der Waals surface area contributed by atoms with Gasteiger partial charge in [-0.1, -0.05) is 0 Å². The first-order valence-electron chi connectivity index (χ1n) is 6.00. The quantitative estimate of drug-likeness (QED) is 0.408. The first kappa shape index (κ1) is 31.7. The third-order valence-electron chi connectivity index (χ3n) is 0. The molecule has 0 fully saturated rings. The van der Waals surface area contributed by atoms with E-state index in [9.17, 15) is 0 Å². The van der Waals surface area contributed by atoms with E-state index in [0.717, 1.165) is 0 Å². The van der Waals surface area contributed by atoms with Gasteiger partial charge in [0, 0.05) is 100 Å². The van der Waals surface area contributed by atoms with E-state index in [2.05, 4.69) is 80.0 Å². The predicted octanol–water partition coefficient (Wildman–Crippen LogP) is 4.36. The molecule has 0 heterocycles. The Bertz CT molecular complexity index is 61.5. The maximum absolute atomic E-state index is 2.27. The molecule has 0 aliphatic heterocycles. The second kappa shape index (κ2) is 26.9. The van der Waals surface area contributed by atoms with E-state index >= 15 is 0 Å². The van der Waals surface area contributed by atoms with Crippen LogP contribution in [0.2, 0.25) is 0 Å². The van der Waals surface area contributed by atoms with Crippen LogP contribution in [0.5, 0.6) is 0 Å². The summed E-state index contributed by atoms with van der Waals surface area (Å²) in [7, 11) is 0.481. The van der Waals surface area contributed by atoms with E-state index in [1.54, 1.807) is 0 Å². The van der Waals surface area contributed by atoms with Crippen LogP contribution in [0.25, 0.3) is 0 Å². The molecule has 5 heteroatoms. The second-order valence-corrected chi connectivity index (χ2v) is 18.0. The van der Waals surface area contributed by atoms with Gasteiger partial charge < -0.3 is 0 Å². The van der Waals surface area contributed by atoms with Gasteiger partial charge in [-0.2, -0.15) is 0 Å².